The van der Waals surface area contributed by atoms with E-state index in [9.17, 15) is 9.59 Å². The van der Waals surface area contributed by atoms with E-state index in [1.807, 2.05) is 32.2 Å². The second-order valence-electron chi connectivity index (χ2n) is 7.92. The third-order valence-corrected chi connectivity index (χ3v) is 6.01. The molecular formula is C24H28N2O4. The first-order valence-electron chi connectivity index (χ1n) is 10.6. The molecule has 1 amide bonds. The molecule has 0 N–H and O–H groups in total. The number of nitrogens with zero attached hydrogens (tertiary/aromatic N) is 2. The molecule has 1 aliphatic heterocycles. The summed E-state index contributed by atoms with van der Waals surface area (Å²) < 4.78 is 11.1. The van der Waals surface area contributed by atoms with Gasteiger partial charge in [0.1, 0.15) is 17.5 Å². The number of benzene rings is 2. The third kappa shape index (κ3) is 3.74. The van der Waals surface area contributed by atoms with Gasteiger partial charge in [-0.2, -0.15) is 0 Å². The Morgan fingerprint density at radius 1 is 1.03 bits per heavy atom. The normalized spacial score (nSPS) is 19.0. The molecule has 0 spiro atoms. The van der Waals surface area contributed by atoms with Crippen LogP contribution in [0.4, 0.5) is 11.4 Å². The van der Waals surface area contributed by atoms with Crippen molar-refractivity contribution in [3.8, 4) is 11.5 Å². The molecule has 1 aliphatic carbocycles. The molecular weight excluding hydrogens is 380 g/mol. The van der Waals surface area contributed by atoms with Gasteiger partial charge in [-0.1, -0.05) is 12.8 Å². The number of likely N-dealkylation sites (N-methyl/N-ethyl adjacent to an activating group) is 1. The molecule has 1 atom stereocenters. The molecule has 6 heteroatoms. The van der Waals surface area contributed by atoms with Gasteiger partial charge in [0, 0.05) is 19.2 Å². The number of amides is 1. The van der Waals surface area contributed by atoms with Crippen molar-refractivity contribution in [2.45, 2.75) is 51.6 Å². The second-order valence-corrected chi connectivity index (χ2v) is 7.92. The highest BCUT2D eigenvalue weighted by molar-refractivity contribution is 6.05. The first kappa shape index (κ1) is 20.3. The number of carbonyl (C=O) groups is 2. The van der Waals surface area contributed by atoms with E-state index in [-0.39, 0.29) is 17.9 Å². The first-order valence-corrected chi connectivity index (χ1v) is 10.6. The molecule has 0 saturated heterocycles. The molecule has 0 aromatic heterocycles. The van der Waals surface area contributed by atoms with Crippen LogP contribution in [0.5, 0.6) is 11.5 Å². The molecule has 1 heterocycles. The lowest BCUT2D eigenvalue weighted by atomic mass is 10.0. The van der Waals surface area contributed by atoms with Gasteiger partial charge in [0.15, 0.2) is 0 Å². The van der Waals surface area contributed by atoms with Crippen LogP contribution in [0.1, 0.15) is 49.9 Å². The summed E-state index contributed by atoms with van der Waals surface area (Å²) in [7, 11) is 1.83. The van der Waals surface area contributed by atoms with Gasteiger partial charge in [0.2, 0.25) is 5.91 Å². The number of anilines is 2. The van der Waals surface area contributed by atoms with Crippen molar-refractivity contribution in [3.63, 3.8) is 0 Å². The van der Waals surface area contributed by atoms with E-state index < -0.39 is 0 Å². The Morgan fingerprint density at radius 3 is 2.37 bits per heavy atom. The van der Waals surface area contributed by atoms with E-state index in [1.165, 1.54) is 12.8 Å². The maximum atomic E-state index is 12.8. The summed E-state index contributed by atoms with van der Waals surface area (Å²) in [5.41, 5.74) is 2.45. The van der Waals surface area contributed by atoms with Gasteiger partial charge in [-0.05, 0) is 63.1 Å². The summed E-state index contributed by atoms with van der Waals surface area (Å²) in [6.07, 6.45) is 4.63. The Kier molecular flexibility index (Phi) is 5.66. The van der Waals surface area contributed by atoms with E-state index in [0.717, 1.165) is 24.2 Å². The molecule has 2 aliphatic rings. The third-order valence-electron chi connectivity index (χ3n) is 6.01. The van der Waals surface area contributed by atoms with E-state index in [4.69, 9.17) is 9.47 Å². The van der Waals surface area contributed by atoms with Gasteiger partial charge >= 0.3 is 5.97 Å². The highest BCUT2D eigenvalue weighted by atomic mass is 16.5. The number of rotatable bonds is 5. The van der Waals surface area contributed by atoms with Crippen molar-refractivity contribution in [1.82, 2.24) is 0 Å². The van der Waals surface area contributed by atoms with Crippen molar-refractivity contribution >= 4 is 23.3 Å². The number of fused-ring (bicyclic) bond motifs is 1. The van der Waals surface area contributed by atoms with Crippen LogP contribution in [-0.4, -0.2) is 37.6 Å². The van der Waals surface area contributed by atoms with Gasteiger partial charge < -0.3 is 19.3 Å². The summed E-state index contributed by atoms with van der Waals surface area (Å²) >= 11 is 0. The van der Waals surface area contributed by atoms with Gasteiger partial charge in [0.05, 0.1) is 23.5 Å². The standard InChI is InChI=1S/C24H28N2O4/c1-4-29-24(28)17-9-11-19(12-10-17)30-20-13-14-21-22(15-20)26(18-7-5-6-8-18)16(2)23(27)25(21)3/h9-16,18H,4-8H2,1-3H3. The van der Waals surface area contributed by atoms with Crippen LogP contribution in [0.15, 0.2) is 42.5 Å². The number of hydrogen-bond acceptors (Lipinski definition) is 5. The molecule has 2 aromatic carbocycles. The van der Waals surface area contributed by atoms with Crippen LogP contribution in [0, 0.1) is 0 Å². The van der Waals surface area contributed by atoms with Gasteiger partial charge in [-0.3, -0.25) is 4.79 Å². The van der Waals surface area contributed by atoms with Gasteiger partial charge in [0.25, 0.3) is 0 Å². The van der Waals surface area contributed by atoms with Crippen LogP contribution in [0.3, 0.4) is 0 Å². The van der Waals surface area contributed by atoms with Crippen molar-refractivity contribution < 1.29 is 19.1 Å². The zero-order valence-electron chi connectivity index (χ0n) is 17.8. The molecule has 30 heavy (non-hydrogen) atoms. The molecule has 158 valence electrons. The zero-order chi connectivity index (χ0) is 21.3. The highest BCUT2D eigenvalue weighted by Crippen LogP contribution is 2.42. The highest BCUT2D eigenvalue weighted by Gasteiger charge is 2.38. The molecule has 0 radical (unpaired) electrons. The molecule has 2 aromatic rings. The predicted octanol–water partition coefficient (Wildman–Crippen LogP) is 4.77. The fourth-order valence-corrected chi connectivity index (χ4v) is 4.49. The fourth-order valence-electron chi connectivity index (χ4n) is 4.49. The average molecular weight is 408 g/mol. The van der Waals surface area contributed by atoms with E-state index >= 15 is 0 Å². The minimum Gasteiger partial charge on any atom is -0.462 e. The zero-order valence-corrected chi connectivity index (χ0v) is 17.8. The SMILES string of the molecule is CCOC(=O)c1ccc(Oc2ccc3c(c2)N(C2CCCC2)C(C)C(=O)N3C)cc1. The Labute approximate surface area is 177 Å². The monoisotopic (exact) mass is 408 g/mol. The maximum absolute atomic E-state index is 12.8. The smallest absolute Gasteiger partial charge is 0.338 e. The number of esters is 1. The van der Waals surface area contributed by atoms with Crippen LogP contribution in [-0.2, 0) is 9.53 Å². The Hall–Kier alpha value is -3.02. The van der Waals surface area contributed by atoms with Crippen molar-refractivity contribution in [2.24, 2.45) is 0 Å². The molecule has 1 saturated carbocycles. The summed E-state index contributed by atoms with van der Waals surface area (Å²) in [5.74, 6) is 1.13. The van der Waals surface area contributed by atoms with Crippen molar-refractivity contribution in [3.05, 3.63) is 48.0 Å². The Morgan fingerprint density at radius 2 is 1.70 bits per heavy atom. The fraction of sp³-hybridized carbons (Fsp3) is 0.417. The maximum Gasteiger partial charge on any atom is 0.338 e. The molecule has 6 nitrogen and oxygen atoms in total. The summed E-state index contributed by atoms with van der Waals surface area (Å²) in [5, 5.41) is 0. The summed E-state index contributed by atoms with van der Waals surface area (Å²) in [6, 6.07) is 13.0. The van der Waals surface area contributed by atoms with E-state index in [1.54, 1.807) is 36.1 Å². The molecule has 1 fully saturated rings. The van der Waals surface area contributed by atoms with Gasteiger partial charge in [-0.15, -0.1) is 0 Å². The lowest BCUT2D eigenvalue weighted by Gasteiger charge is -2.43. The van der Waals surface area contributed by atoms with E-state index in [2.05, 4.69) is 4.90 Å². The van der Waals surface area contributed by atoms with Crippen LogP contribution < -0.4 is 14.5 Å². The Balaban J connectivity index is 1.61. The molecule has 4 rings (SSSR count). The number of carbonyl (C=O) groups excluding carboxylic acids is 2. The topological polar surface area (TPSA) is 59.1 Å². The van der Waals surface area contributed by atoms with Gasteiger partial charge in [-0.25, -0.2) is 4.79 Å². The summed E-state index contributed by atoms with van der Waals surface area (Å²) in [4.78, 5) is 28.6. The van der Waals surface area contributed by atoms with Crippen LogP contribution >= 0.6 is 0 Å². The number of ether oxygens (including phenoxy) is 2. The number of hydrogen-bond donors (Lipinski definition) is 0. The quantitative estimate of drug-likeness (QED) is 0.667. The second kappa shape index (κ2) is 8.38. The molecule has 0 bridgehead atoms. The molecule has 1 unspecified atom stereocenters. The van der Waals surface area contributed by atoms with Crippen LogP contribution in [0.25, 0.3) is 0 Å². The van der Waals surface area contributed by atoms with Crippen molar-refractivity contribution in [2.75, 3.05) is 23.5 Å². The first-order chi connectivity index (χ1) is 14.5. The summed E-state index contributed by atoms with van der Waals surface area (Å²) in [6.45, 7) is 4.12. The van der Waals surface area contributed by atoms with Crippen molar-refractivity contribution in [1.29, 1.82) is 0 Å². The minimum absolute atomic E-state index is 0.123. The minimum atomic E-state index is -0.341. The predicted molar refractivity (Wildman–Crippen MR) is 117 cm³/mol. The largest absolute Gasteiger partial charge is 0.462 e. The lowest BCUT2D eigenvalue weighted by Crippen LogP contribution is -2.54. The Bertz CT molecular complexity index is 935. The van der Waals surface area contributed by atoms with E-state index in [0.29, 0.717) is 29.7 Å². The average Bonchev–Trinajstić information content (AvgIpc) is 3.27. The lowest BCUT2D eigenvalue weighted by molar-refractivity contribution is -0.119. The van der Waals surface area contributed by atoms with Crippen LogP contribution in [0.2, 0.25) is 0 Å².